The predicted molar refractivity (Wildman–Crippen MR) is 87.4 cm³/mol. The second-order valence-corrected chi connectivity index (χ2v) is 5.88. The van der Waals surface area contributed by atoms with Crippen LogP contribution in [0.25, 0.3) is 0 Å². The van der Waals surface area contributed by atoms with Crippen molar-refractivity contribution >= 4 is 17.5 Å². The van der Waals surface area contributed by atoms with Gasteiger partial charge in [-0.05, 0) is 12.1 Å². The number of hydrogen-bond acceptors (Lipinski definition) is 5. The summed E-state index contributed by atoms with van der Waals surface area (Å²) in [5.41, 5.74) is 0.667. The van der Waals surface area contributed by atoms with E-state index >= 15 is 0 Å². The predicted octanol–water partition coefficient (Wildman–Crippen LogP) is 0.915. The van der Waals surface area contributed by atoms with E-state index in [1.807, 2.05) is 0 Å². The lowest BCUT2D eigenvalue weighted by Gasteiger charge is -2.29. The maximum atomic E-state index is 12.6. The van der Waals surface area contributed by atoms with E-state index < -0.39 is 0 Å². The minimum atomic E-state index is -0.317. The summed E-state index contributed by atoms with van der Waals surface area (Å²) in [6, 6.07) is 5.30. The third-order valence-electron chi connectivity index (χ3n) is 4.47. The molecule has 0 unspecified atom stereocenters. The average Bonchev–Trinajstić information content (AvgIpc) is 3.02. The van der Waals surface area contributed by atoms with E-state index in [1.54, 1.807) is 42.2 Å². The van der Waals surface area contributed by atoms with Crippen molar-refractivity contribution in [1.82, 2.24) is 4.90 Å². The summed E-state index contributed by atoms with van der Waals surface area (Å²) in [6.07, 6.45) is 0.228. The van der Waals surface area contributed by atoms with Gasteiger partial charge in [-0.25, -0.2) is 0 Å². The van der Waals surface area contributed by atoms with Crippen LogP contribution in [0.15, 0.2) is 18.2 Å². The Kier molecular flexibility index (Phi) is 4.89. The van der Waals surface area contributed by atoms with Gasteiger partial charge in [-0.2, -0.15) is 0 Å². The number of ether oxygens (including phenoxy) is 3. The fraction of sp³-hybridized carbons (Fsp3) is 0.529. The molecule has 2 heterocycles. The van der Waals surface area contributed by atoms with Gasteiger partial charge in [0.15, 0.2) is 0 Å². The van der Waals surface area contributed by atoms with Gasteiger partial charge in [0.25, 0.3) is 0 Å². The van der Waals surface area contributed by atoms with Crippen LogP contribution in [0, 0.1) is 5.92 Å². The lowest BCUT2D eigenvalue weighted by molar-refractivity contribution is -0.139. The van der Waals surface area contributed by atoms with Gasteiger partial charge in [-0.3, -0.25) is 9.59 Å². The van der Waals surface area contributed by atoms with E-state index in [2.05, 4.69) is 0 Å². The number of carbonyl (C=O) groups is 2. The molecule has 2 amide bonds. The zero-order valence-electron chi connectivity index (χ0n) is 14.0. The van der Waals surface area contributed by atoms with Crippen molar-refractivity contribution in [3.05, 3.63) is 18.2 Å². The fourth-order valence-corrected chi connectivity index (χ4v) is 3.16. The third-order valence-corrected chi connectivity index (χ3v) is 4.47. The molecule has 2 fully saturated rings. The molecule has 1 atom stereocenters. The number of benzene rings is 1. The van der Waals surface area contributed by atoms with Crippen molar-refractivity contribution in [2.45, 2.75) is 6.42 Å². The lowest BCUT2D eigenvalue weighted by Crippen LogP contribution is -2.44. The number of amides is 2. The van der Waals surface area contributed by atoms with E-state index in [1.165, 1.54) is 0 Å². The molecule has 24 heavy (non-hydrogen) atoms. The first kappa shape index (κ1) is 16.6. The highest BCUT2D eigenvalue weighted by molar-refractivity contribution is 6.01. The third kappa shape index (κ3) is 3.17. The summed E-state index contributed by atoms with van der Waals surface area (Å²) in [5.74, 6) is 0.861. The molecule has 0 N–H and O–H groups in total. The summed E-state index contributed by atoms with van der Waals surface area (Å²) in [4.78, 5) is 28.5. The largest absolute Gasteiger partial charge is 0.497 e. The molecule has 0 bridgehead atoms. The molecule has 7 nitrogen and oxygen atoms in total. The molecule has 1 aromatic rings. The van der Waals surface area contributed by atoms with Gasteiger partial charge in [-0.15, -0.1) is 0 Å². The highest BCUT2D eigenvalue weighted by Gasteiger charge is 2.38. The fourth-order valence-electron chi connectivity index (χ4n) is 3.16. The number of hydrogen-bond donors (Lipinski definition) is 0. The van der Waals surface area contributed by atoms with Crippen molar-refractivity contribution in [2.75, 3.05) is 52.0 Å². The molecule has 2 aliphatic rings. The van der Waals surface area contributed by atoms with Gasteiger partial charge in [0.1, 0.15) is 11.5 Å². The summed E-state index contributed by atoms with van der Waals surface area (Å²) >= 11 is 0. The number of anilines is 1. The van der Waals surface area contributed by atoms with E-state index in [9.17, 15) is 9.59 Å². The Labute approximate surface area is 141 Å². The zero-order chi connectivity index (χ0) is 17.1. The van der Waals surface area contributed by atoms with Crippen molar-refractivity contribution in [2.24, 2.45) is 5.92 Å². The molecule has 2 aliphatic heterocycles. The maximum absolute atomic E-state index is 12.6. The molecule has 3 rings (SSSR count). The van der Waals surface area contributed by atoms with Crippen LogP contribution in [0.5, 0.6) is 11.5 Å². The lowest BCUT2D eigenvalue weighted by atomic mass is 10.1. The molecule has 130 valence electrons. The van der Waals surface area contributed by atoms with Crippen LogP contribution in [-0.4, -0.2) is 63.8 Å². The highest BCUT2D eigenvalue weighted by atomic mass is 16.5. The number of carbonyl (C=O) groups excluding carboxylic acids is 2. The Hall–Kier alpha value is -2.28. The summed E-state index contributed by atoms with van der Waals surface area (Å²) < 4.78 is 15.8. The number of rotatable bonds is 4. The van der Waals surface area contributed by atoms with E-state index in [4.69, 9.17) is 14.2 Å². The molecule has 0 radical (unpaired) electrons. The highest BCUT2D eigenvalue weighted by Crippen LogP contribution is 2.36. The van der Waals surface area contributed by atoms with Crippen LogP contribution in [0.4, 0.5) is 5.69 Å². The first-order valence-corrected chi connectivity index (χ1v) is 8.03. The van der Waals surface area contributed by atoms with E-state index in [0.29, 0.717) is 50.0 Å². The standard InChI is InChI=1S/C17H22N2O5/c1-22-13-3-4-14(15(10-13)23-2)19-11-12(9-16(19)20)17(21)18-5-7-24-8-6-18/h3-4,10,12H,5-9,11H2,1-2H3/t12-/m0/s1. The van der Waals surface area contributed by atoms with Crippen LogP contribution in [-0.2, 0) is 14.3 Å². The Balaban J connectivity index is 1.76. The van der Waals surface area contributed by atoms with Gasteiger partial charge in [-0.1, -0.05) is 0 Å². The topological polar surface area (TPSA) is 68.3 Å². The summed E-state index contributed by atoms with van der Waals surface area (Å²) in [5, 5.41) is 0. The first-order valence-electron chi connectivity index (χ1n) is 8.03. The molecule has 0 saturated carbocycles. The SMILES string of the molecule is COc1ccc(N2C[C@@H](C(=O)N3CCOCC3)CC2=O)c(OC)c1. The molecular weight excluding hydrogens is 312 g/mol. The van der Waals surface area contributed by atoms with Crippen LogP contribution in [0.2, 0.25) is 0 Å². The second kappa shape index (κ2) is 7.09. The smallest absolute Gasteiger partial charge is 0.228 e. The summed E-state index contributed by atoms with van der Waals surface area (Å²) in [6.45, 7) is 2.67. The van der Waals surface area contributed by atoms with Crippen molar-refractivity contribution < 1.29 is 23.8 Å². The minimum absolute atomic E-state index is 0.0293. The molecule has 7 heteroatoms. The normalized spacial score (nSPS) is 21.1. The number of nitrogens with zero attached hydrogens (tertiary/aromatic N) is 2. The molecule has 0 aliphatic carbocycles. The van der Waals surface area contributed by atoms with Gasteiger partial charge < -0.3 is 24.0 Å². The molecule has 0 spiro atoms. The van der Waals surface area contributed by atoms with Gasteiger partial charge >= 0.3 is 0 Å². The van der Waals surface area contributed by atoms with Crippen molar-refractivity contribution in [1.29, 1.82) is 0 Å². The van der Waals surface area contributed by atoms with Crippen molar-refractivity contribution in [3.8, 4) is 11.5 Å². The van der Waals surface area contributed by atoms with Crippen LogP contribution in [0.1, 0.15) is 6.42 Å². The summed E-state index contributed by atoms with van der Waals surface area (Å²) in [7, 11) is 3.13. The molecular formula is C17H22N2O5. The second-order valence-electron chi connectivity index (χ2n) is 5.88. The molecule has 2 saturated heterocycles. The van der Waals surface area contributed by atoms with Crippen LogP contribution in [0.3, 0.4) is 0 Å². The van der Waals surface area contributed by atoms with E-state index in [0.717, 1.165) is 0 Å². The average molecular weight is 334 g/mol. The van der Waals surface area contributed by atoms with Crippen molar-refractivity contribution in [3.63, 3.8) is 0 Å². The Bertz CT molecular complexity index is 627. The van der Waals surface area contributed by atoms with Gasteiger partial charge in [0.05, 0.1) is 39.0 Å². The van der Waals surface area contributed by atoms with Gasteiger partial charge in [0, 0.05) is 32.1 Å². The molecule has 0 aromatic heterocycles. The molecule has 1 aromatic carbocycles. The first-order chi connectivity index (χ1) is 11.6. The monoisotopic (exact) mass is 334 g/mol. The quantitative estimate of drug-likeness (QED) is 0.819. The Morgan fingerprint density at radius 3 is 2.62 bits per heavy atom. The van der Waals surface area contributed by atoms with Crippen LogP contribution >= 0.6 is 0 Å². The minimum Gasteiger partial charge on any atom is -0.497 e. The van der Waals surface area contributed by atoms with E-state index in [-0.39, 0.29) is 24.2 Å². The Morgan fingerprint density at radius 1 is 1.21 bits per heavy atom. The number of methoxy groups -OCH3 is 2. The maximum Gasteiger partial charge on any atom is 0.228 e. The zero-order valence-corrected chi connectivity index (χ0v) is 14.0. The Morgan fingerprint density at radius 2 is 1.96 bits per heavy atom. The number of morpholine rings is 1. The van der Waals surface area contributed by atoms with Gasteiger partial charge in [0.2, 0.25) is 11.8 Å². The van der Waals surface area contributed by atoms with Crippen LogP contribution < -0.4 is 14.4 Å².